The maximum Gasteiger partial charge on any atom is 0.313 e. The molecule has 0 bridgehead atoms. The van der Waals surface area contributed by atoms with E-state index in [-0.39, 0.29) is 0 Å². The number of rotatable bonds is 5. The Balaban J connectivity index is 2.32. The van der Waals surface area contributed by atoms with Crippen molar-refractivity contribution in [2.24, 2.45) is 11.8 Å². The molecule has 0 saturated heterocycles. The van der Waals surface area contributed by atoms with Crippen LogP contribution in [0.3, 0.4) is 0 Å². The molecule has 90 valence electrons. The first-order chi connectivity index (χ1) is 7.31. The lowest BCUT2D eigenvalue weighted by Crippen LogP contribution is -2.42. The number of aliphatic carboxylic acids is 1. The van der Waals surface area contributed by atoms with Gasteiger partial charge >= 0.3 is 5.97 Å². The Kier molecular flexibility index (Phi) is 3.91. The van der Waals surface area contributed by atoms with Gasteiger partial charge in [0.05, 0.1) is 12.5 Å². The molecule has 0 heterocycles. The third kappa shape index (κ3) is 3.48. The Morgan fingerprint density at radius 1 is 1.25 bits per heavy atom. The molecule has 2 atom stereocenters. The van der Waals surface area contributed by atoms with Crippen LogP contribution in [-0.2, 0) is 14.3 Å². The van der Waals surface area contributed by atoms with Gasteiger partial charge in [-0.05, 0) is 6.04 Å². The fourth-order valence-corrected chi connectivity index (χ4v) is 2.05. The third-order valence-corrected chi connectivity index (χ3v) is 4.26. The highest BCUT2D eigenvalue weighted by molar-refractivity contribution is 6.76. The standard InChI is InChI=1S/C11H18O4Si/c1-16(2,3)7-6-15-11(14)9-5-4-8(9)10(12)13/h4-5,8-9H,6-7H2,1-3H3,(H,12,13)/p-1/t8-,9+/m0/s1. The minimum Gasteiger partial charge on any atom is -0.549 e. The van der Waals surface area contributed by atoms with Crippen LogP contribution in [0.5, 0.6) is 0 Å². The van der Waals surface area contributed by atoms with Crippen molar-refractivity contribution >= 4 is 20.0 Å². The smallest absolute Gasteiger partial charge is 0.313 e. The minimum atomic E-state index is -1.21. The summed E-state index contributed by atoms with van der Waals surface area (Å²) < 4.78 is 5.06. The lowest BCUT2D eigenvalue weighted by Gasteiger charge is -2.28. The van der Waals surface area contributed by atoms with Crippen molar-refractivity contribution in [3.63, 3.8) is 0 Å². The zero-order valence-corrected chi connectivity index (χ0v) is 10.9. The average molecular weight is 241 g/mol. The van der Waals surface area contributed by atoms with Crippen LogP contribution in [-0.4, -0.2) is 26.6 Å². The fourth-order valence-electron chi connectivity index (χ4n) is 1.34. The molecule has 0 fully saturated rings. The van der Waals surface area contributed by atoms with E-state index in [9.17, 15) is 14.7 Å². The molecule has 0 radical (unpaired) electrons. The first-order valence-electron chi connectivity index (χ1n) is 5.37. The number of hydrogen-bond acceptors (Lipinski definition) is 4. The molecular weight excluding hydrogens is 224 g/mol. The number of esters is 1. The Hall–Kier alpha value is -1.10. The summed E-state index contributed by atoms with van der Waals surface area (Å²) in [7, 11) is -1.21. The molecule has 4 nitrogen and oxygen atoms in total. The lowest BCUT2D eigenvalue weighted by molar-refractivity contribution is -0.311. The Bertz CT molecular complexity index is 316. The first kappa shape index (κ1) is 13.0. The van der Waals surface area contributed by atoms with E-state index in [4.69, 9.17) is 4.74 Å². The van der Waals surface area contributed by atoms with Gasteiger partial charge in [-0.1, -0.05) is 31.8 Å². The van der Waals surface area contributed by atoms with Crippen molar-refractivity contribution in [3.8, 4) is 0 Å². The summed E-state index contributed by atoms with van der Waals surface area (Å²) >= 11 is 0. The van der Waals surface area contributed by atoms with Crippen LogP contribution < -0.4 is 5.11 Å². The molecule has 0 saturated carbocycles. The first-order valence-corrected chi connectivity index (χ1v) is 9.08. The highest BCUT2D eigenvalue weighted by atomic mass is 28.3. The normalized spacial score (nSPS) is 23.7. The molecule has 0 aromatic carbocycles. The van der Waals surface area contributed by atoms with Gasteiger partial charge in [-0.15, -0.1) is 0 Å². The van der Waals surface area contributed by atoms with Crippen molar-refractivity contribution in [2.45, 2.75) is 25.7 Å². The lowest BCUT2D eigenvalue weighted by atomic mass is 9.82. The van der Waals surface area contributed by atoms with E-state index in [2.05, 4.69) is 19.6 Å². The number of carboxylic acid groups (broad SMARTS) is 1. The number of ether oxygens (including phenoxy) is 1. The molecule has 0 amide bonds. The molecule has 0 aliphatic heterocycles. The van der Waals surface area contributed by atoms with Crippen molar-refractivity contribution < 1.29 is 19.4 Å². The fraction of sp³-hybridized carbons (Fsp3) is 0.636. The maximum absolute atomic E-state index is 11.5. The zero-order valence-electron chi connectivity index (χ0n) is 9.86. The van der Waals surface area contributed by atoms with Gasteiger partial charge in [0.1, 0.15) is 0 Å². The van der Waals surface area contributed by atoms with Gasteiger partial charge in [0.15, 0.2) is 0 Å². The molecular formula is C11H17O4Si-. The molecule has 0 spiro atoms. The molecule has 5 heteroatoms. The molecule has 0 N–H and O–H groups in total. The van der Waals surface area contributed by atoms with Crippen LogP contribution >= 0.6 is 0 Å². The summed E-state index contributed by atoms with van der Waals surface area (Å²) in [4.78, 5) is 22.0. The molecule has 0 unspecified atom stereocenters. The van der Waals surface area contributed by atoms with Crippen molar-refractivity contribution in [3.05, 3.63) is 12.2 Å². The molecule has 1 aliphatic rings. The second kappa shape index (κ2) is 4.82. The highest BCUT2D eigenvalue weighted by Crippen LogP contribution is 2.26. The van der Waals surface area contributed by atoms with E-state index in [1.807, 2.05) is 0 Å². The van der Waals surface area contributed by atoms with E-state index < -0.39 is 31.8 Å². The van der Waals surface area contributed by atoms with Crippen LogP contribution in [0.1, 0.15) is 0 Å². The molecule has 1 rings (SSSR count). The van der Waals surface area contributed by atoms with Crippen LogP contribution in [0.4, 0.5) is 0 Å². The van der Waals surface area contributed by atoms with Crippen LogP contribution in [0.15, 0.2) is 12.2 Å². The Morgan fingerprint density at radius 2 is 1.81 bits per heavy atom. The van der Waals surface area contributed by atoms with Crippen LogP contribution in [0.2, 0.25) is 25.7 Å². The number of carbonyl (C=O) groups excluding carboxylic acids is 2. The summed E-state index contributed by atoms with van der Waals surface area (Å²) in [5.74, 6) is -3.12. The van der Waals surface area contributed by atoms with Crippen molar-refractivity contribution in [1.29, 1.82) is 0 Å². The van der Waals surface area contributed by atoms with Gasteiger partial charge in [0.2, 0.25) is 0 Å². The summed E-state index contributed by atoms with van der Waals surface area (Å²) in [5.41, 5.74) is 0. The average Bonchev–Trinajstić information content (AvgIpc) is 1.97. The SMILES string of the molecule is C[Si](C)(C)CCOC(=O)[C@@H]1C=C[C@@H]1C(=O)[O-]. The van der Waals surface area contributed by atoms with Crippen LogP contribution in [0, 0.1) is 11.8 Å². The van der Waals surface area contributed by atoms with Crippen LogP contribution in [0.25, 0.3) is 0 Å². The van der Waals surface area contributed by atoms with E-state index in [0.717, 1.165) is 6.04 Å². The Labute approximate surface area is 96.3 Å². The number of hydrogen-bond donors (Lipinski definition) is 0. The van der Waals surface area contributed by atoms with E-state index in [0.29, 0.717) is 6.61 Å². The van der Waals surface area contributed by atoms with E-state index in [1.165, 1.54) is 6.08 Å². The number of carboxylic acids is 1. The second-order valence-electron chi connectivity index (χ2n) is 5.23. The van der Waals surface area contributed by atoms with E-state index >= 15 is 0 Å². The van der Waals surface area contributed by atoms with Gasteiger partial charge in [-0.3, -0.25) is 4.79 Å². The Morgan fingerprint density at radius 3 is 2.19 bits per heavy atom. The summed E-state index contributed by atoms with van der Waals surface area (Å²) in [6, 6.07) is 0.894. The van der Waals surface area contributed by atoms with Gasteiger partial charge in [0, 0.05) is 20.0 Å². The summed E-state index contributed by atoms with van der Waals surface area (Å²) in [6.07, 6.45) is 3.01. The second-order valence-corrected chi connectivity index (χ2v) is 10.9. The predicted molar refractivity (Wildman–Crippen MR) is 60.2 cm³/mol. The largest absolute Gasteiger partial charge is 0.549 e. The van der Waals surface area contributed by atoms with Gasteiger partial charge in [0.25, 0.3) is 0 Å². The third-order valence-electron chi connectivity index (χ3n) is 2.55. The maximum atomic E-state index is 11.5. The van der Waals surface area contributed by atoms with Crippen molar-refractivity contribution in [1.82, 2.24) is 0 Å². The van der Waals surface area contributed by atoms with Crippen molar-refractivity contribution in [2.75, 3.05) is 6.61 Å². The van der Waals surface area contributed by atoms with Gasteiger partial charge in [-0.2, -0.15) is 0 Å². The summed E-state index contributed by atoms with van der Waals surface area (Å²) in [5, 5.41) is 10.6. The van der Waals surface area contributed by atoms with Gasteiger partial charge in [-0.25, -0.2) is 0 Å². The monoisotopic (exact) mass is 241 g/mol. The van der Waals surface area contributed by atoms with Gasteiger partial charge < -0.3 is 14.6 Å². The highest BCUT2D eigenvalue weighted by Gasteiger charge is 2.33. The molecule has 0 aromatic rings. The zero-order chi connectivity index (χ0) is 12.3. The molecule has 1 aliphatic carbocycles. The predicted octanol–water partition coefficient (Wildman–Crippen LogP) is 0.420. The van der Waals surface area contributed by atoms with E-state index in [1.54, 1.807) is 6.08 Å². The topological polar surface area (TPSA) is 66.4 Å². The summed E-state index contributed by atoms with van der Waals surface area (Å²) in [6.45, 7) is 6.95. The quantitative estimate of drug-likeness (QED) is 0.397. The minimum absolute atomic E-state index is 0.388. The number of carbonyl (C=O) groups is 2. The molecule has 16 heavy (non-hydrogen) atoms. The molecule has 0 aromatic heterocycles.